The summed E-state index contributed by atoms with van der Waals surface area (Å²) in [6.07, 6.45) is 7.07. The van der Waals surface area contributed by atoms with Gasteiger partial charge in [0, 0.05) is 18.7 Å². The van der Waals surface area contributed by atoms with Gasteiger partial charge in [-0.3, -0.25) is 9.69 Å². The van der Waals surface area contributed by atoms with Crippen LogP contribution in [0.1, 0.15) is 36.4 Å². The normalized spacial score (nSPS) is 15.3. The molecular formula is C21H28BrN3O. The first-order valence-corrected chi connectivity index (χ1v) is 9.24. The minimum atomic E-state index is 0. The van der Waals surface area contributed by atoms with Gasteiger partial charge in [0.05, 0.1) is 12.5 Å². The molecule has 1 amide bonds. The van der Waals surface area contributed by atoms with Crippen molar-refractivity contribution >= 4 is 5.91 Å². The van der Waals surface area contributed by atoms with Gasteiger partial charge in [-0.2, -0.15) is 0 Å². The fraction of sp³-hybridized carbons (Fsp3) is 0.429. The fourth-order valence-corrected chi connectivity index (χ4v) is 3.40. The Morgan fingerprint density at radius 3 is 2.42 bits per heavy atom. The summed E-state index contributed by atoms with van der Waals surface area (Å²) >= 11 is 0. The van der Waals surface area contributed by atoms with Gasteiger partial charge in [-0.25, -0.2) is 4.57 Å². The quantitative estimate of drug-likeness (QED) is 0.624. The third-order valence-electron chi connectivity index (χ3n) is 4.91. The lowest BCUT2D eigenvalue weighted by Crippen LogP contribution is -3.00. The molecule has 0 spiro atoms. The first-order chi connectivity index (χ1) is 12.2. The number of benzene rings is 1. The average Bonchev–Trinajstić information content (AvgIpc) is 3.17. The highest BCUT2D eigenvalue weighted by molar-refractivity contribution is 5.75. The van der Waals surface area contributed by atoms with Crippen molar-refractivity contribution in [2.24, 2.45) is 0 Å². The van der Waals surface area contributed by atoms with Gasteiger partial charge in [-0.15, -0.1) is 0 Å². The first kappa shape index (κ1) is 20.6. The van der Waals surface area contributed by atoms with Gasteiger partial charge in [0.2, 0.25) is 5.91 Å². The van der Waals surface area contributed by atoms with Gasteiger partial charge >= 0.3 is 0 Å². The Bertz CT molecular complexity index is 669. The van der Waals surface area contributed by atoms with E-state index < -0.39 is 0 Å². The van der Waals surface area contributed by atoms with E-state index in [2.05, 4.69) is 58.1 Å². The first-order valence-electron chi connectivity index (χ1n) is 9.24. The number of aromatic nitrogens is 1. The zero-order valence-electron chi connectivity index (χ0n) is 15.4. The molecule has 1 atom stereocenters. The molecule has 1 aromatic heterocycles. The van der Waals surface area contributed by atoms with Crippen molar-refractivity contribution in [1.82, 2.24) is 10.2 Å². The van der Waals surface area contributed by atoms with E-state index in [1.165, 1.54) is 24.0 Å². The number of nitrogens with one attached hydrogen (secondary N) is 1. The van der Waals surface area contributed by atoms with Crippen LogP contribution < -0.4 is 26.9 Å². The molecule has 1 unspecified atom stereocenters. The largest absolute Gasteiger partial charge is 1.00 e. The smallest absolute Gasteiger partial charge is 0.226 e. The summed E-state index contributed by atoms with van der Waals surface area (Å²) in [6, 6.07) is 14.9. The molecule has 0 radical (unpaired) electrons. The molecule has 1 aromatic carbocycles. The van der Waals surface area contributed by atoms with Crippen LogP contribution in [-0.4, -0.2) is 30.4 Å². The Hall–Kier alpha value is -1.72. The maximum atomic E-state index is 12.3. The second-order valence-electron chi connectivity index (χ2n) is 6.84. The van der Waals surface area contributed by atoms with E-state index >= 15 is 0 Å². The van der Waals surface area contributed by atoms with Crippen LogP contribution in [0.25, 0.3) is 0 Å². The van der Waals surface area contributed by atoms with Crippen LogP contribution in [0.15, 0.2) is 54.9 Å². The SMILES string of the molecule is Cc1cc[n+](CCC(=O)NCC(c2ccccc2)N2CCCC2)cc1.[Br-]. The van der Waals surface area contributed by atoms with E-state index in [0.29, 0.717) is 19.5 Å². The second-order valence-corrected chi connectivity index (χ2v) is 6.84. The van der Waals surface area contributed by atoms with Crippen molar-refractivity contribution in [3.05, 3.63) is 66.0 Å². The number of hydrogen-bond donors (Lipinski definition) is 1. The van der Waals surface area contributed by atoms with Crippen LogP contribution in [-0.2, 0) is 11.3 Å². The lowest BCUT2D eigenvalue weighted by Gasteiger charge is -2.28. The molecule has 4 nitrogen and oxygen atoms in total. The molecule has 2 aromatic rings. The number of carbonyl (C=O) groups excluding carboxylic acids is 1. The van der Waals surface area contributed by atoms with Gasteiger partial charge in [0.25, 0.3) is 0 Å². The lowest BCUT2D eigenvalue weighted by atomic mass is 10.1. The third kappa shape index (κ3) is 5.92. The molecular weight excluding hydrogens is 390 g/mol. The van der Waals surface area contributed by atoms with E-state index in [4.69, 9.17) is 0 Å². The summed E-state index contributed by atoms with van der Waals surface area (Å²) < 4.78 is 2.06. The van der Waals surface area contributed by atoms with Crippen LogP contribution in [0.3, 0.4) is 0 Å². The van der Waals surface area contributed by atoms with Crippen molar-refractivity contribution in [2.45, 2.75) is 38.8 Å². The van der Waals surface area contributed by atoms with E-state index in [1.807, 2.05) is 18.5 Å². The molecule has 3 rings (SSSR count). The number of carbonyl (C=O) groups is 1. The summed E-state index contributed by atoms with van der Waals surface area (Å²) in [5.74, 6) is 0.119. The summed E-state index contributed by atoms with van der Waals surface area (Å²) in [4.78, 5) is 14.8. The highest BCUT2D eigenvalue weighted by Crippen LogP contribution is 2.24. The molecule has 1 aliphatic rings. The molecule has 1 aliphatic heterocycles. The molecule has 1 saturated heterocycles. The number of nitrogens with zero attached hydrogens (tertiary/aromatic N) is 2. The van der Waals surface area contributed by atoms with Gasteiger partial charge < -0.3 is 22.3 Å². The highest BCUT2D eigenvalue weighted by Gasteiger charge is 2.23. The van der Waals surface area contributed by atoms with E-state index in [0.717, 1.165) is 13.1 Å². The number of halogens is 1. The van der Waals surface area contributed by atoms with E-state index in [-0.39, 0.29) is 28.9 Å². The van der Waals surface area contributed by atoms with Crippen LogP contribution in [0.4, 0.5) is 0 Å². The molecule has 5 heteroatoms. The van der Waals surface area contributed by atoms with Crippen LogP contribution in [0, 0.1) is 6.92 Å². The summed E-state index contributed by atoms with van der Waals surface area (Å²) in [5.41, 5.74) is 2.52. The average molecular weight is 418 g/mol. The Morgan fingerprint density at radius 1 is 1.12 bits per heavy atom. The summed E-state index contributed by atoms with van der Waals surface area (Å²) in [5, 5.41) is 3.15. The maximum absolute atomic E-state index is 12.3. The number of rotatable bonds is 7. The predicted octanol–water partition coefficient (Wildman–Crippen LogP) is -0.370. The minimum absolute atomic E-state index is 0. The van der Waals surface area contributed by atoms with Gasteiger partial charge in [0.15, 0.2) is 18.9 Å². The molecule has 1 fully saturated rings. The maximum Gasteiger partial charge on any atom is 0.226 e. The lowest BCUT2D eigenvalue weighted by molar-refractivity contribution is -0.695. The van der Waals surface area contributed by atoms with Gasteiger partial charge in [-0.05, 0) is 44.0 Å². The zero-order chi connectivity index (χ0) is 17.5. The van der Waals surface area contributed by atoms with Crippen LogP contribution in [0.5, 0.6) is 0 Å². The Kier molecular flexibility index (Phi) is 8.26. The second kappa shape index (κ2) is 10.4. The van der Waals surface area contributed by atoms with Crippen molar-refractivity contribution in [3.63, 3.8) is 0 Å². The number of pyridine rings is 1. The number of likely N-dealkylation sites (tertiary alicyclic amines) is 1. The molecule has 0 saturated carbocycles. The monoisotopic (exact) mass is 417 g/mol. The third-order valence-corrected chi connectivity index (χ3v) is 4.91. The number of hydrogen-bond acceptors (Lipinski definition) is 2. The molecule has 140 valence electrons. The molecule has 2 heterocycles. The van der Waals surface area contributed by atoms with E-state index in [9.17, 15) is 4.79 Å². The molecule has 0 bridgehead atoms. The van der Waals surface area contributed by atoms with Crippen molar-refractivity contribution in [3.8, 4) is 0 Å². The molecule has 1 N–H and O–H groups in total. The topological polar surface area (TPSA) is 36.2 Å². The van der Waals surface area contributed by atoms with E-state index in [1.54, 1.807) is 0 Å². The molecule has 26 heavy (non-hydrogen) atoms. The molecule has 0 aliphatic carbocycles. The summed E-state index contributed by atoms with van der Waals surface area (Å²) in [6.45, 7) is 5.70. The number of amides is 1. The minimum Gasteiger partial charge on any atom is -1.00 e. The summed E-state index contributed by atoms with van der Waals surface area (Å²) in [7, 11) is 0. The van der Waals surface area contributed by atoms with Crippen molar-refractivity contribution in [2.75, 3.05) is 19.6 Å². The van der Waals surface area contributed by atoms with Crippen LogP contribution >= 0.6 is 0 Å². The van der Waals surface area contributed by atoms with Crippen molar-refractivity contribution in [1.29, 1.82) is 0 Å². The highest BCUT2D eigenvalue weighted by atomic mass is 79.9. The Morgan fingerprint density at radius 2 is 1.77 bits per heavy atom. The standard InChI is InChI=1S/C21H27N3O.BrH/c1-18-9-14-23(15-10-18)16-11-21(25)22-17-20(24-12-5-6-13-24)19-7-3-2-4-8-19;/h2-4,7-10,14-15,20H,5-6,11-13,16-17H2,1H3;1H. The van der Waals surface area contributed by atoms with Gasteiger partial charge in [0.1, 0.15) is 0 Å². The zero-order valence-corrected chi connectivity index (χ0v) is 17.0. The Labute approximate surface area is 167 Å². The Balaban J connectivity index is 0.00000243. The predicted molar refractivity (Wildman–Crippen MR) is 99.0 cm³/mol. The van der Waals surface area contributed by atoms with Crippen LogP contribution in [0.2, 0.25) is 0 Å². The van der Waals surface area contributed by atoms with Gasteiger partial charge in [-0.1, -0.05) is 30.3 Å². The number of aryl methyl sites for hydroxylation is 2. The fourth-order valence-electron chi connectivity index (χ4n) is 3.40. The van der Waals surface area contributed by atoms with Crippen molar-refractivity contribution < 1.29 is 26.3 Å².